The third-order valence-electron chi connectivity index (χ3n) is 3.02. The first kappa shape index (κ1) is 11.4. The van der Waals surface area contributed by atoms with Gasteiger partial charge < -0.3 is 15.1 Å². The maximum atomic E-state index is 9.92. The van der Waals surface area contributed by atoms with Crippen molar-refractivity contribution in [2.24, 2.45) is 0 Å². The van der Waals surface area contributed by atoms with Gasteiger partial charge in [0.15, 0.2) is 0 Å². The molecule has 2 atom stereocenters. The summed E-state index contributed by atoms with van der Waals surface area (Å²) in [5, 5.41) is 19.6. The van der Waals surface area contributed by atoms with Gasteiger partial charge in [-0.05, 0) is 26.3 Å². The van der Waals surface area contributed by atoms with Gasteiger partial charge in [-0.25, -0.2) is 4.98 Å². The van der Waals surface area contributed by atoms with Crippen LogP contribution in [0.3, 0.4) is 0 Å². The Morgan fingerprint density at radius 3 is 2.88 bits per heavy atom. The van der Waals surface area contributed by atoms with Crippen molar-refractivity contribution in [3.05, 3.63) is 23.9 Å². The van der Waals surface area contributed by atoms with E-state index < -0.39 is 11.7 Å². The van der Waals surface area contributed by atoms with E-state index in [4.69, 9.17) is 0 Å². The molecule has 0 radical (unpaired) electrons. The SMILES string of the molecule is C[C@@H](O)c1cccnc1N1CCC(C)(O)C1. The molecule has 1 aromatic heterocycles. The van der Waals surface area contributed by atoms with Crippen LogP contribution < -0.4 is 4.90 Å². The third-order valence-corrected chi connectivity index (χ3v) is 3.02. The lowest BCUT2D eigenvalue weighted by molar-refractivity contribution is 0.0838. The topological polar surface area (TPSA) is 56.6 Å². The van der Waals surface area contributed by atoms with Crippen molar-refractivity contribution < 1.29 is 10.2 Å². The number of hydrogen-bond acceptors (Lipinski definition) is 4. The van der Waals surface area contributed by atoms with E-state index in [2.05, 4.69) is 4.98 Å². The molecule has 88 valence electrons. The fourth-order valence-corrected chi connectivity index (χ4v) is 2.13. The van der Waals surface area contributed by atoms with Crippen molar-refractivity contribution in [2.45, 2.75) is 32.0 Å². The van der Waals surface area contributed by atoms with Crippen LogP contribution in [-0.2, 0) is 0 Å². The molecule has 1 fully saturated rings. The van der Waals surface area contributed by atoms with Crippen LogP contribution >= 0.6 is 0 Å². The predicted molar refractivity (Wildman–Crippen MR) is 62.3 cm³/mol. The van der Waals surface area contributed by atoms with Crippen LogP contribution in [0.25, 0.3) is 0 Å². The van der Waals surface area contributed by atoms with Gasteiger partial charge in [0, 0.05) is 24.8 Å². The molecule has 4 nitrogen and oxygen atoms in total. The van der Waals surface area contributed by atoms with E-state index in [1.807, 2.05) is 24.0 Å². The Labute approximate surface area is 95.5 Å². The second-order valence-electron chi connectivity index (χ2n) is 4.76. The van der Waals surface area contributed by atoms with Crippen molar-refractivity contribution in [3.8, 4) is 0 Å². The highest BCUT2D eigenvalue weighted by molar-refractivity contribution is 5.49. The van der Waals surface area contributed by atoms with Crippen molar-refractivity contribution in [2.75, 3.05) is 18.0 Å². The molecule has 1 aliphatic rings. The number of β-amino-alcohol motifs (C(OH)–C–C–N with tert-alkyl or cyclic N) is 1. The number of aliphatic hydroxyl groups is 2. The van der Waals surface area contributed by atoms with E-state index in [1.165, 1.54) is 0 Å². The number of rotatable bonds is 2. The molecule has 2 heterocycles. The minimum atomic E-state index is -0.645. The summed E-state index contributed by atoms with van der Waals surface area (Å²) in [5.41, 5.74) is 0.174. The number of aliphatic hydroxyl groups excluding tert-OH is 1. The molecule has 0 aliphatic carbocycles. The van der Waals surface area contributed by atoms with E-state index in [1.54, 1.807) is 13.1 Å². The summed E-state index contributed by atoms with van der Waals surface area (Å²) < 4.78 is 0. The fraction of sp³-hybridized carbons (Fsp3) is 0.583. The first-order valence-electron chi connectivity index (χ1n) is 5.60. The van der Waals surface area contributed by atoms with Crippen LogP contribution in [0, 0.1) is 0 Å². The quantitative estimate of drug-likeness (QED) is 0.786. The maximum absolute atomic E-state index is 9.92. The van der Waals surface area contributed by atoms with E-state index >= 15 is 0 Å². The minimum Gasteiger partial charge on any atom is -0.389 e. The molecule has 0 saturated carbocycles. The molecule has 0 spiro atoms. The van der Waals surface area contributed by atoms with Gasteiger partial charge in [-0.1, -0.05) is 6.07 Å². The molecule has 0 amide bonds. The first-order chi connectivity index (χ1) is 7.49. The molecule has 1 aliphatic heterocycles. The Morgan fingerprint density at radius 1 is 1.56 bits per heavy atom. The van der Waals surface area contributed by atoms with Crippen LogP contribution in [0.5, 0.6) is 0 Å². The van der Waals surface area contributed by atoms with Crippen molar-refractivity contribution in [1.29, 1.82) is 0 Å². The van der Waals surface area contributed by atoms with Crippen molar-refractivity contribution in [3.63, 3.8) is 0 Å². The summed E-state index contributed by atoms with van der Waals surface area (Å²) in [6, 6.07) is 3.69. The van der Waals surface area contributed by atoms with Gasteiger partial charge >= 0.3 is 0 Å². The summed E-state index contributed by atoms with van der Waals surface area (Å²) in [4.78, 5) is 6.33. The highest BCUT2D eigenvalue weighted by Crippen LogP contribution is 2.29. The zero-order valence-electron chi connectivity index (χ0n) is 9.72. The minimum absolute atomic E-state index is 0.533. The zero-order chi connectivity index (χ0) is 11.8. The summed E-state index contributed by atoms with van der Waals surface area (Å²) >= 11 is 0. The fourth-order valence-electron chi connectivity index (χ4n) is 2.13. The van der Waals surface area contributed by atoms with E-state index in [-0.39, 0.29) is 0 Å². The molecule has 1 aromatic rings. The molecular formula is C12H18N2O2. The van der Waals surface area contributed by atoms with Crippen LogP contribution in [0.1, 0.15) is 31.9 Å². The van der Waals surface area contributed by atoms with Gasteiger partial charge in [0.25, 0.3) is 0 Å². The lowest BCUT2D eigenvalue weighted by Crippen LogP contribution is -2.30. The summed E-state index contributed by atoms with van der Waals surface area (Å²) in [6.07, 6.45) is 1.92. The van der Waals surface area contributed by atoms with Gasteiger partial charge in [0.05, 0.1) is 11.7 Å². The highest BCUT2D eigenvalue weighted by atomic mass is 16.3. The van der Waals surface area contributed by atoms with Gasteiger partial charge in [0.1, 0.15) is 5.82 Å². The summed E-state index contributed by atoms with van der Waals surface area (Å²) in [5.74, 6) is 0.787. The van der Waals surface area contributed by atoms with Crippen LogP contribution in [0.2, 0.25) is 0 Å². The molecule has 1 saturated heterocycles. The number of hydrogen-bond donors (Lipinski definition) is 2. The lowest BCUT2D eigenvalue weighted by Gasteiger charge is -2.23. The van der Waals surface area contributed by atoms with Crippen LogP contribution in [-0.4, -0.2) is 33.9 Å². The van der Waals surface area contributed by atoms with E-state index in [0.717, 1.165) is 24.3 Å². The lowest BCUT2D eigenvalue weighted by atomic mass is 10.1. The largest absolute Gasteiger partial charge is 0.389 e. The first-order valence-corrected chi connectivity index (χ1v) is 5.60. The molecule has 1 unspecified atom stereocenters. The van der Waals surface area contributed by atoms with Gasteiger partial charge in [-0.15, -0.1) is 0 Å². The molecule has 2 rings (SSSR count). The Kier molecular flexibility index (Phi) is 2.86. The van der Waals surface area contributed by atoms with Gasteiger partial charge in [-0.2, -0.15) is 0 Å². The number of anilines is 1. The van der Waals surface area contributed by atoms with Gasteiger partial charge in [0.2, 0.25) is 0 Å². The second-order valence-corrected chi connectivity index (χ2v) is 4.76. The van der Waals surface area contributed by atoms with Crippen molar-refractivity contribution in [1.82, 2.24) is 4.98 Å². The number of aromatic nitrogens is 1. The van der Waals surface area contributed by atoms with Crippen molar-refractivity contribution >= 4 is 5.82 Å². The predicted octanol–water partition coefficient (Wildman–Crippen LogP) is 1.10. The molecule has 16 heavy (non-hydrogen) atoms. The Hall–Kier alpha value is -1.13. The Balaban J connectivity index is 2.28. The maximum Gasteiger partial charge on any atom is 0.134 e. The van der Waals surface area contributed by atoms with Crippen LogP contribution in [0.4, 0.5) is 5.82 Å². The smallest absolute Gasteiger partial charge is 0.134 e. The molecule has 0 bridgehead atoms. The van der Waals surface area contributed by atoms with E-state index in [9.17, 15) is 10.2 Å². The number of pyridine rings is 1. The average Bonchev–Trinajstić information content (AvgIpc) is 2.59. The van der Waals surface area contributed by atoms with Gasteiger partial charge in [-0.3, -0.25) is 0 Å². The molecule has 2 N–H and O–H groups in total. The Morgan fingerprint density at radius 2 is 2.31 bits per heavy atom. The van der Waals surface area contributed by atoms with Crippen LogP contribution in [0.15, 0.2) is 18.3 Å². The summed E-state index contributed by atoms with van der Waals surface area (Å²) in [7, 11) is 0. The normalized spacial score (nSPS) is 27.1. The third kappa shape index (κ3) is 2.18. The van der Waals surface area contributed by atoms with E-state index in [0.29, 0.717) is 6.54 Å². The second kappa shape index (κ2) is 4.03. The average molecular weight is 222 g/mol. The molecule has 0 aromatic carbocycles. The number of nitrogens with zero attached hydrogens (tertiary/aromatic N) is 2. The highest BCUT2D eigenvalue weighted by Gasteiger charge is 2.33. The zero-order valence-corrected chi connectivity index (χ0v) is 9.72. The summed E-state index contributed by atoms with van der Waals surface area (Å²) in [6.45, 7) is 4.92. The Bertz CT molecular complexity index is 377. The molecular weight excluding hydrogens is 204 g/mol. The molecule has 4 heteroatoms. The standard InChI is InChI=1S/C12H18N2O2/c1-9(15)10-4-3-6-13-11(10)14-7-5-12(2,16)8-14/h3-4,6,9,15-16H,5,7-8H2,1-2H3/t9-,12?/m1/s1. The monoisotopic (exact) mass is 222 g/mol.